The minimum Gasteiger partial charge on any atom is -0.478 e. The maximum Gasteiger partial charge on any atom is 0.335 e. The summed E-state index contributed by atoms with van der Waals surface area (Å²) in [6, 6.07) is 6.85. The van der Waals surface area contributed by atoms with Crippen LogP contribution in [-0.2, 0) is 5.75 Å². The molecule has 0 amide bonds. The summed E-state index contributed by atoms with van der Waals surface area (Å²) >= 11 is 1.09. The van der Waals surface area contributed by atoms with Gasteiger partial charge in [-0.05, 0) is 42.0 Å². The van der Waals surface area contributed by atoms with Gasteiger partial charge in [0.15, 0.2) is 11.6 Å². The largest absolute Gasteiger partial charge is 0.478 e. The van der Waals surface area contributed by atoms with Crippen molar-refractivity contribution in [3.63, 3.8) is 0 Å². The third kappa shape index (κ3) is 3.33. The summed E-state index contributed by atoms with van der Waals surface area (Å²) in [4.78, 5) is 11.2. The van der Waals surface area contributed by atoms with Crippen LogP contribution in [0.2, 0.25) is 0 Å². The van der Waals surface area contributed by atoms with Gasteiger partial charge in [0, 0.05) is 10.6 Å². The van der Waals surface area contributed by atoms with Crippen molar-refractivity contribution in [2.24, 2.45) is 0 Å². The molecule has 0 saturated heterocycles. The highest BCUT2D eigenvalue weighted by molar-refractivity contribution is 7.98. The van der Waals surface area contributed by atoms with Gasteiger partial charge >= 0.3 is 5.97 Å². The average molecular weight is 298 g/mol. The smallest absolute Gasteiger partial charge is 0.335 e. The highest BCUT2D eigenvalue weighted by Crippen LogP contribution is 2.26. The van der Waals surface area contributed by atoms with E-state index in [9.17, 15) is 18.0 Å². The highest BCUT2D eigenvalue weighted by atomic mass is 32.2. The molecule has 0 fully saturated rings. The van der Waals surface area contributed by atoms with Crippen LogP contribution < -0.4 is 0 Å². The van der Waals surface area contributed by atoms with E-state index in [1.54, 1.807) is 0 Å². The molecule has 0 aliphatic rings. The minimum atomic E-state index is -1.15. The molecule has 6 heteroatoms. The fourth-order valence-corrected chi connectivity index (χ4v) is 2.44. The fourth-order valence-electron chi connectivity index (χ4n) is 1.55. The van der Waals surface area contributed by atoms with E-state index in [1.165, 1.54) is 18.2 Å². The first-order chi connectivity index (χ1) is 9.47. The van der Waals surface area contributed by atoms with Gasteiger partial charge in [-0.1, -0.05) is 0 Å². The van der Waals surface area contributed by atoms with Crippen molar-refractivity contribution in [1.82, 2.24) is 0 Å². The van der Waals surface area contributed by atoms with Crippen molar-refractivity contribution in [2.75, 3.05) is 0 Å². The molecule has 0 radical (unpaired) electrons. The van der Waals surface area contributed by atoms with E-state index in [4.69, 9.17) is 5.11 Å². The number of hydrogen-bond donors (Lipinski definition) is 1. The highest BCUT2D eigenvalue weighted by Gasteiger charge is 2.09. The van der Waals surface area contributed by atoms with E-state index in [2.05, 4.69) is 0 Å². The van der Waals surface area contributed by atoms with Gasteiger partial charge in [-0.15, -0.1) is 11.8 Å². The lowest BCUT2D eigenvalue weighted by Crippen LogP contribution is -1.99. The standard InChI is InChI=1S/C14H9F3O2S/c15-11-3-1-8(14(18)19)5-9(11)7-20-10-2-4-12(16)13(17)6-10/h1-6H,7H2,(H,18,19). The van der Waals surface area contributed by atoms with Crippen LogP contribution in [0.25, 0.3) is 0 Å². The molecule has 2 aromatic carbocycles. The molecule has 2 rings (SSSR count). The Hall–Kier alpha value is -1.95. The van der Waals surface area contributed by atoms with E-state index in [-0.39, 0.29) is 16.9 Å². The second-order valence-electron chi connectivity index (χ2n) is 3.98. The van der Waals surface area contributed by atoms with Gasteiger partial charge in [0.25, 0.3) is 0 Å². The average Bonchev–Trinajstić information content (AvgIpc) is 2.41. The number of carboxylic acids is 1. The Morgan fingerprint density at radius 2 is 1.70 bits per heavy atom. The molecule has 0 aliphatic heterocycles. The van der Waals surface area contributed by atoms with Crippen LogP contribution in [0.4, 0.5) is 13.2 Å². The first-order valence-corrected chi connectivity index (χ1v) is 6.55. The zero-order chi connectivity index (χ0) is 14.7. The molecule has 0 aromatic heterocycles. The maximum atomic E-state index is 13.5. The summed E-state index contributed by atoms with van der Waals surface area (Å²) < 4.78 is 39.3. The van der Waals surface area contributed by atoms with E-state index in [1.807, 2.05) is 0 Å². The summed E-state index contributed by atoms with van der Waals surface area (Å²) in [5.74, 6) is -3.49. The molecule has 0 saturated carbocycles. The SMILES string of the molecule is O=C(O)c1ccc(F)c(CSc2ccc(F)c(F)c2)c1. The number of carbonyl (C=O) groups is 1. The predicted octanol–water partition coefficient (Wildman–Crippen LogP) is 4.09. The Morgan fingerprint density at radius 1 is 1.00 bits per heavy atom. The lowest BCUT2D eigenvalue weighted by atomic mass is 10.1. The van der Waals surface area contributed by atoms with Crippen molar-refractivity contribution in [3.05, 3.63) is 65.0 Å². The Morgan fingerprint density at radius 3 is 2.35 bits per heavy atom. The number of halogens is 3. The summed E-state index contributed by atoms with van der Waals surface area (Å²) in [7, 11) is 0. The van der Waals surface area contributed by atoms with E-state index in [0.717, 1.165) is 30.0 Å². The van der Waals surface area contributed by atoms with Crippen LogP contribution in [0.3, 0.4) is 0 Å². The second kappa shape index (κ2) is 6.00. The molecule has 104 valence electrons. The molecule has 0 atom stereocenters. The number of rotatable bonds is 4. The van der Waals surface area contributed by atoms with Crippen molar-refractivity contribution >= 4 is 17.7 Å². The van der Waals surface area contributed by atoms with Gasteiger partial charge in [-0.3, -0.25) is 0 Å². The van der Waals surface area contributed by atoms with Gasteiger partial charge in [-0.2, -0.15) is 0 Å². The number of aromatic carboxylic acids is 1. The number of carboxylic acid groups (broad SMARTS) is 1. The molecule has 0 aliphatic carbocycles. The summed E-state index contributed by atoms with van der Waals surface area (Å²) in [5, 5.41) is 8.83. The molecular formula is C14H9F3O2S. The Kier molecular flexibility index (Phi) is 4.34. The zero-order valence-corrected chi connectivity index (χ0v) is 10.9. The summed E-state index contributed by atoms with van der Waals surface area (Å²) in [6.45, 7) is 0. The molecular weight excluding hydrogens is 289 g/mol. The van der Waals surface area contributed by atoms with Gasteiger partial charge in [0.1, 0.15) is 5.82 Å². The fraction of sp³-hybridized carbons (Fsp3) is 0.0714. The lowest BCUT2D eigenvalue weighted by molar-refractivity contribution is 0.0696. The van der Waals surface area contributed by atoms with Gasteiger partial charge < -0.3 is 5.11 Å². The lowest BCUT2D eigenvalue weighted by Gasteiger charge is -2.05. The Labute approximate surface area is 117 Å². The summed E-state index contributed by atoms with van der Waals surface area (Å²) in [6.07, 6.45) is 0. The molecule has 0 spiro atoms. The van der Waals surface area contributed by atoms with Crippen LogP contribution in [0.15, 0.2) is 41.3 Å². The number of benzene rings is 2. The van der Waals surface area contributed by atoms with Crippen LogP contribution in [-0.4, -0.2) is 11.1 Å². The van der Waals surface area contributed by atoms with E-state index < -0.39 is 23.4 Å². The predicted molar refractivity (Wildman–Crippen MR) is 69.3 cm³/mol. The molecule has 2 aromatic rings. The quantitative estimate of drug-likeness (QED) is 0.864. The van der Waals surface area contributed by atoms with Crippen molar-refractivity contribution in [3.8, 4) is 0 Å². The van der Waals surface area contributed by atoms with Crippen LogP contribution in [0.1, 0.15) is 15.9 Å². The maximum absolute atomic E-state index is 13.5. The monoisotopic (exact) mass is 298 g/mol. The number of thioether (sulfide) groups is 1. The van der Waals surface area contributed by atoms with Crippen LogP contribution in [0, 0.1) is 17.5 Å². The van der Waals surface area contributed by atoms with Crippen LogP contribution in [0.5, 0.6) is 0 Å². The summed E-state index contributed by atoms with van der Waals surface area (Å²) in [5.41, 5.74) is 0.173. The number of hydrogen-bond acceptors (Lipinski definition) is 2. The van der Waals surface area contributed by atoms with E-state index >= 15 is 0 Å². The first-order valence-electron chi connectivity index (χ1n) is 5.57. The third-order valence-corrected chi connectivity index (χ3v) is 3.62. The van der Waals surface area contributed by atoms with Crippen molar-refractivity contribution in [2.45, 2.75) is 10.6 Å². The van der Waals surface area contributed by atoms with E-state index in [0.29, 0.717) is 4.90 Å². The molecule has 0 heterocycles. The Balaban J connectivity index is 2.15. The molecule has 1 N–H and O–H groups in total. The zero-order valence-electron chi connectivity index (χ0n) is 10.1. The molecule has 0 unspecified atom stereocenters. The first kappa shape index (κ1) is 14.5. The van der Waals surface area contributed by atoms with Gasteiger partial charge in [-0.25, -0.2) is 18.0 Å². The Bertz CT molecular complexity index is 659. The van der Waals surface area contributed by atoms with Crippen molar-refractivity contribution < 1.29 is 23.1 Å². The van der Waals surface area contributed by atoms with Gasteiger partial charge in [0.05, 0.1) is 5.56 Å². The van der Waals surface area contributed by atoms with Crippen LogP contribution >= 0.6 is 11.8 Å². The third-order valence-electron chi connectivity index (χ3n) is 2.58. The van der Waals surface area contributed by atoms with Gasteiger partial charge in [0.2, 0.25) is 0 Å². The van der Waals surface area contributed by atoms with Crippen molar-refractivity contribution in [1.29, 1.82) is 0 Å². The molecule has 20 heavy (non-hydrogen) atoms. The normalized spacial score (nSPS) is 10.6. The topological polar surface area (TPSA) is 37.3 Å². The molecule has 0 bridgehead atoms. The molecule has 2 nitrogen and oxygen atoms in total. The minimum absolute atomic E-state index is 0.0210. The second-order valence-corrected chi connectivity index (χ2v) is 5.02.